The molecule has 1 fully saturated rings. The lowest BCUT2D eigenvalue weighted by Gasteiger charge is -2.26. The highest BCUT2D eigenvalue weighted by Gasteiger charge is 2.19. The number of hydrogen-bond donors (Lipinski definition) is 3. The number of nitrogens with one attached hydrogen (secondary N) is 2. The van der Waals surface area contributed by atoms with Gasteiger partial charge in [-0.05, 0) is 36.6 Å². The minimum atomic E-state index is -0.242. The first kappa shape index (κ1) is 17.7. The molecule has 134 valence electrons. The van der Waals surface area contributed by atoms with E-state index in [2.05, 4.69) is 19.9 Å². The molecule has 25 heavy (non-hydrogen) atoms. The van der Waals surface area contributed by atoms with E-state index in [9.17, 15) is 4.79 Å². The van der Waals surface area contributed by atoms with Crippen LogP contribution in [0.5, 0.6) is 0 Å². The molecular weight excluding hydrogens is 338 g/mol. The molecule has 4 N–H and O–H groups in total. The molecule has 7 nitrogen and oxygen atoms in total. The van der Waals surface area contributed by atoms with Crippen LogP contribution in [0.1, 0.15) is 16.8 Å². The number of ether oxygens (including phenoxy) is 1. The number of hydrogen-bond acceptors (Lipinski definition) is 7. The fourth-order valence-electron chi connectivity index (χ4n) is 2.69. The van der Waals surface area contributed by atoms with Gasteiger partial charge in [-0.15, -0.1) is 0 Å². The van der Waals surface area contributed by atoms with Crippen LogP contribution in [0.4, 0.5) is 16.5 Å². The average molecular weight is 361 g/mol. The third kappa shape index (κ3) is 4.91. The summed E-state index contributed by atoms with van der Waals surface area (Å²) in [7, 11) is 0. The predicted octanol–water partition coefficient (Wildman–Crippen LogP) is 2.11. The molecule has 0 radical (unpaired) electrons. The maximum absolute atomic E-state index is 12.5. The van der Waals surface area contributed by atoms with Crippen molar-refractivity contribution < 1.29 is 9.53 Å². The lowest BCUT2D eigenvalue weighted by molar-refractivity contribution is 0.0378. The van der Waals surface area contributed by atoms with Crippen molar-refractivity contribution in [2.75, 3.05) is 55.8 Å². The van der Waals surface area contributed by atoms with Crippen molar-refractivity contribution in [1.82, 2.24) is 9.27 Å². The van der Waals surface area contributed by atoms with E-state index >= 15 is 0 Å². The summed E-state index contributed by atoms with van der Waals surface area (Å²) in [5.41, 5.74) is 7.10. The number of morpholine rings is 1. The normalized spacial score (nSPS) is 15.0. The number of rotatable bonds is 7. The Bertz CT molecular complexity index is 686. The zero-order valence-electron chi connectivity index (χ0n) is 14.0. The fourth-order valence-corrected chi connectivity index (χ4v) is 3.32. The van der Waals surface area contributed by atoms with E-state index in [0.29, 0.717) is 16.4 Å². The van der Waals surface area contributed by atoms with Gasteiger partial charge in [-0.2, -0.15) is 4.37 Å². The van der Waals surface area contributed by atoms with Gasteiger partial charge in [-0.25, -0.2) is 0 Å². The molecule has 1 aromatic heterocycles. The largest absolute Gasteiger partial charge is 0.389 e. The topological polar surface area (TPSA) is 92.5 Å². The van der Waals surface area contributed by atoms with Crippen molar-refractivity contribution in [1.29, 1.82) is 0 Å². The smallest absolute Gasteiger partial charge is 0.262 e. The van der Waals surface area contributed by atoms with Crippen LogP contribution in [0.2, 0.25) is 0 Å². The van der Waals surface area contributed by atoms with Gasteiger partial charge in [-0.3, -0.25) is 9.69 Å². The van der Waals surface area contributed by atoms with Crippen molar-refractivity contribution in [2.24, 2.45) is 0 Å². The Labute approximate surface area is 151 Å². The highest BCUT2D eigenvalue weighted by Crippen LogP contribution is 2.26. The van der Waals surface area contributed by atoms with Crippen LogP contribution in [0.15, 0.2) is 30.3 Å². The number of amides is 1. The third-order valence-corrected chi connectivity index (χ3v) is 4.70. The molecule has 1 aliphatic rings. The predicted molar refractivity (Wildman–Crippen MR) is 101 cm³/mol. The Hall–Kier alpha value is -2.16. The van der Waals surface area contributed by atoms with Gasteiger partial charge in [0.2, 0.25) is 0 Å². The summed E-state index contributed by atoms with van der Waals surface area (Å²) in [6.45, 7) is 5.32. The number of benzene rings is 1. The summed E-state index contributed by atoms with van der Waals surface area (Å²) < 4.78 is 9.62. The van der Waals surface area contributed by atoms with E-state index in [1.54, 1.807) is 0 Å². The summed E-state index contributed by atoms with van der Waals surface area (Å²) in [5, 5.41) is 6.51. The molecule has 0 atom stereocenters. The molecule has 0 saturated carbocycles. The van der Waals surface area contributed by atoms with Gasteiger partial charge < -0.3 is 21.1 Å². The summed E-state index contributed by atoms with van der Waals surface area (Å²) in [6.07, 6.45) is 0.969. The van der Waals surface area contributed by atoms with Gasteiger partial charge in [0.15, 0.2) is 5.82 Å². The summed E-state index contributed by atoms with van der Waals surface area (Å²) in [6, 6.07) is 9.32. The minimum Gasteiger partial charge on any atom is -0.389 e. The van der Waals surface area contributed by atoms with Crippen LogP contribution < -0.4 is 16.4 Å². The maximum atomic E-state index is 12.5. The Balaban J connectivity index is 1.53. The van der Waals surface area contributed by atoms with Crippen LogP contribution in [-0.4, -0.2) is 54.6 Å². The van der Waals surface area contributed by atoms with Gasteiger partial charge in [-0.1, -0.05) is 18.2 Å². The molecule has 3 rings (SSSR count). The zero-order valence-corrected chi connectivity index (χ0v) is 14.8. The average Bonchev–Trinajstić information content (AvgIpc) is 3.01. The number of nitrogens with zero attached hydrogens (tertiary/aromatic N) is 2. The molecule has 1 saturated heterocycles. The van der Waals surface area contributed by atoms with E-state index in [0.717, 1.165) is 63.0 Å². The number of nitrogens with two attached hydrogens (primary N) is 1. The summed E-state index contributed by atoms with van der Waals surface area (Å²) in [5.74, 6) is 0.311. The van der Waals surface area contributed by atoms with Crippen molar-refractivity contribution in [3.05, 3.63) is 35.9 Å². The number of para-hydroxylation sites is 1. The SMILES string of the molecule is Nc1snc(NCCCN2CCOCC2)c1C(=O)Nc1ccccc1. The van der Waals surface area contributed by atoms with E-state index in [1.807, 2.05) is 30.3 Å². The Morgan fingerprint density at radius 3 is 2.80 bits per heavy atom. The number of aromatic nitrogens is 1. The van der Waals surface area contributed by atoms with Gasteiger partial charge in [0.05, 0.1) is 13.2 Å². The molecule has 0 unspecified atom stereocenters. The third-order valence-electron chi connectivity index (χ3n) is 4.02. The first-order chi connectivity index (χ1) is 12.2. The first-order valence-electron chi connectivity index (χ1n) is 8.39. The second-order valence-corrected chi connectivity index (χ2v) is 6.63. The highest BCUT2D eigenvalue weighted by atomic mass is 32.1. The number of nitrogen functional groups attached to an aromatic ring is 1. The quantitative estimate of drug-likeness (QED) is 0.654. The second kappa shape index (κ2) is 8.80. The Morgan fingerprint density at radius 2 is 2.04 bits per heavy atom. The van der Waals surface area contributed by atoms with Crippen molar-refractivity contribution in [3.8, 4) is 0 Å². The van der Waals surface area contributed by atoms with Gasteiger partial charge in [0.25, 0.3) is 5.91 Å². The molecule has 0 aliphatic carbocycles. The molecule has 1 aromatic carbocycles. The minimum absolute atomic E-state index is 0.242. The Morgan fingerprint density at radius 1 is 1.28 bits per heavy atom. The molecule has 2 heterocycles. The van der Waals surface area contributed by atoms with E-state index in [1.165, 1.54) is 0 Å². The number of carbonyl (C=O) groups excluding carboxylic acids is 1. The van der Waals surface area contributed by atoms with Crippen LogP contribution in [0.25, 0.3) is 0 Å². The molecule has 8 heteroatoms. The van der Waals surface area contributed by atoms with E-state index < -0.39 is 0 Å². The lowest BCUT2D eigenvalue weighted by atomic mass is 10.2. The van der Waals surface area contributed by atoms with E-state index in [4.69, 9.17) is 10.5 Å². The zero-order chi connectivity index (χ0) is 17.5. The number of carbonyl (C=O) groups is 1. The van der Waals surface area contributed by atoms with Gasteiger partial charge in [0.1, 0.15) is 10.6 Å². The fraction of sp³-hybridized carbons (Fsp3) is 0.412. The first-order valence-corrected chi connectivity index (χ1v) is 9.17. The molecule has 0 spiro atoms. The summed E-state index contributed by atoms with van der Waals surface area (Å²) in [4.78, 5) is 14.9. The van der Waals surface area contributed by atoms with Crippen molar-refractivity contribution >= 4 is 33.9 Å². The van der Waals surface area contributed by atoms with Crippen molar-refractivity contribution in [2.45, 2.75) is 6.42 Å². The molecule has 1 amide bonds. The van der Waals surface area contributed by atoms with Gasteiger partial charge in [0, 0.05) is 25.3 Å². The molecule has 2 aromatic rings. The molecule has 1 aliphatic heterocycles. The van der Waals surface area contributed by atoms with Crippen LogP contribution >= 0.6 is 11.5 Å². The van der Waals surface area contributed by atoms with Crippen molar-refractivity contribution in [3.63, 3.8) is 0 Å². The van der Waals surface area contributed by atoms with E-state index in [-0.39, 0.29) is 5.91 Å². The van der Waals surface area contributed by atoms with Crippen LogP contribution in [-0.2, 0) is 4.74 Å². The second-order valence-electron chi connectivity index (χ2n) is 5.82. The highest BCUT2D eigenvalue weighted by molar-refractivity contribution is 7.10. The van der Waals surface area contributed by atoms with Crippen LogP contribution in [0.3, 0.4) is 0 Å². The standard InChI is InChI=1S/C17H23N5O2S/c18-15-14(17(23)20-13-5-2-1-3-6-13)16(21-25-15)19-7-4-8-22-9-11-24-12-10-22/h1-3,5-6H,4,7-12,18H2,(H,19,21)(H,20,23). The number of anilines is 3. The lowest BCUT2D eigenvalue weighted by Crippen LogP contribution is -2.37. The van der Waals surface area contributed by atoms with Gasteiger partial charge >= 0.3 is 0 Å². The Kier molecular flexibility index (Phi) is 6.21. The van der Waals surface area contributed by atoms with Crippen LogP contribution in [0, 0.1) is 0 Å². The monoisotopic (exact) mass is 361 g/mol. The maximum Gasteiger partial charge on any atom is 0.262 e. The molecule has 0 bridgehead atoms. The molecular formula is C17H23N5O2S. The summed E-state index contributed by atoms with van der Waals surface area (Å²) >= 11 is 1.13.